The van der Waals surface area contributed by atoms with E-state index in [2.05, 4.69) is 15.3 Å². The van der Waals surface area contributed by atoms with E-state index >= 15 is 0 Å². The van der Waals surface area contributed by atoms with Crippen molar-refractivity contribution >= 4 is 5.91 Å². The van der Waals surface area contributed by atoms with E-state index in [0.717, 1.165) is 36.6 Å². The fourth-order valence-electron chi connectivity index (χ4n) is 3.18. The van der Waals surface area contributed by atoms with Gasteiger partial charge in [0.15, 0.2) is 0 Å². The molecule has 1 aromatic carbocycles. The van der Waals surface area contributed by atoms with Crippen LogP contribution in [0.4, 0.5) is 13.2 Å². The van der Waals surface area contributed by atoms with Crippen molar-refractivity contribution < 1.29 is 22.7 Å². The molecule has 2 aromatic rings. The fourth-order valence-corrected chi connectivity index (χ4v) is 3.18. The second-order valence-electron chi connectivity index (χ2n) is 6.83. The molecule has 1 saturated heterocycles. The SMILES string of the molecule is Cc1ccc(C(CNC(=O)c2cnn(CC(F)(F)F)c2)N2CCOCC2)cc1. The van der Waals surface area contributed by atoms with Crippen LogP contribution in [-0.4, -0.2) is 59.6 Å². The van der Waals surface area contributed by atoms with Gasteiger partial charge in [0.05, 0.1) is 31.0 Å². The van der Waals surface area contributed by atoms with Crippen LogP contribution < -0.4 is 5.32 Å². The average molecular weight is 396 g/mol. The van der Waals surface area contributed by atoms with Crippen LogP contribution in [0.1, 0.15) is 27.5 Å². The highest BCUT2D eigenvalue weighted by Crippen LogP contribution is 2.22. The van der Waals surface area contributed by atoms with Crippen LogP contribution in [0.5, 0.6) is 0 Å². The predicted octanol–water partition coefficient (Wildman–Crippen LogP) is 2.56. The van der Waals surface area contributed by atoms with E-state index in [1.165, 1.54) is 0 Å². The monoisotopic (exact) mass is 396 g/mol. The summed E-state index contributed by atoms with van der Waals surface area (Å²) < 4.78 is 43.5. The van der Waals surface area contributed by atoms with E-state index in [1.54, 1.807) is 0 Å². The number of carbonyl (C=O) groups is 1. The Hall–Kier alpha value is -2.39. The number of halogens is 3. The second-order valence-corrected chi connectivity index (χ2v) is 6.83. The lowest BCUT2D eigenvalue weighted by atomic mass is 10.0. The number of nitrogens with one attached hydrogen (secondary N) is 1. The second kappa shape index (κ2) is 8.74. The van der Waals surface area contributed by atoms with Crippen LogP contribution in [0, 0.1) is 6.92 Å². The van der Waals surface area contributed by atoms with Crippen LogP contribution in [0.3, 0.4) is 0 Å². The predicted molar refractivity (Wildman–Crippen MR) is 96.9 cm³/mol. The Morgan fingerprint density at radius 3 is 2.57 bits per heavy atom. The number of amides is 1. The molecule has 0 spiro atoms. The Morgan fingerprint density at radius 1 is 1.25 bits per heavy atom. The first kappa shape index (κ1) is 20.3. The van der Waals surface area contributed by atoms with Crippen molar-refractivity contribution in [1.29, 1.82) is 0 Å². The number of morpholine rings is 1. The zero-order valence-electron chi connectivity index (χ0n) is 15.6. The molecule has 1 amide bonds. The zero-order valence-corrected chi connectivity index (χ0v) is 15.6. The standard InChI is InChI=1S/C19H23F3N4O2/c1-14-2-4-15(5-3-14)17(25-6-8-28-9-7-25)11-23-18(27)16-10-24-26(12-16)13-19(20,21)22/h2-5,10,12,17H,6-9,11,13H2,1H3,(H,23,27). The van der Waals surface area contributed by atoms with E-state index in [9.17, 15) is 18.0 Å². The van der Waals surface area contributed by atoms with Crippen molar-refractivity contribution in [3.8, 4) is 0 Å². The van der Waals surface area contributed by atoms with Crippen LogP contribution in [0.15, 0.2) is 36.7 Å². The van der Waals surface area contributed by atoms with E-state index in [1.807, 2.05) is 31.2 Å². The van der Waals surface area contributed by atoms with E-state index in [0.29, 0.717) is 24.4 Å². The third-order valence-electron chi connectivity index (χ3n) is 4.64. The Kier molecular flexibility index (Phi) is 6.35. The minimum Gasteiger partial charge on any atom is -0.379 e. The lowest BCUT2D eigenvalue weighted by molar-refractivity contribution is -0.142. The normalized spacial score (nSPS) is 16.7. The summed E-state index contributed by atoms with van der Waals surface area (Å²) in [6, 6.07) is 8.06. The molecule has 1 fully saturated rings. The molecule has 6 nitrogen and oxygen atoms in total. The van der Waals surface area contributed by atoms with Gasteiger partial charge in [-0.05, 0) is 12.5 Å². The number of hydrogen-bond donors (Lipinski definition) is 1. The lowest BCUT2D eigenvalue weighted by Crippen LogP contribution is -2.43. The van der Waals surface area contributed by atoms with Crippen molar-refractivity contribution in [1.82, 2.24) is 20.0 Å². The van der Waals surface area contributed by atoms with Gasteiger partial charge >= 0.3 is 6.18 Å². The van der Waals surface area contributed by atoms with Gasteiger partial charge in [-0.1, -0.05) is 29.8 Å². The molecule has 1 atom stereocenters. The number of nitrogens with zero attached hydrogens (tertiary/aromatic N) is 3. The first-order valence-corrected chi connectivity index (χ1v) is 9.07. The molecule has 0 aliphatic carbocycles. The Labute approximate surface area is 161 Å². The highest BCUT2D eigenvalue weighted by atomic mass is 19.4. The maximum Gasteiger partial charge on any atom is 0.408 e. The number of aromatic nitrogens is 2. The molecule has 1 aliphatic rings. The molecule has 1 unspecified atom stereocenters. The smallest absolute Gasteiger partial charge is 0.379 e. The molecule has 1 N–H and O–H groups in total. The van der Waals surface area contributed by atoms with Crippen molar-refractivity contribution in [3.63, 3.8) is 0 Å². The first-order valence-electron chi connectivity index (χ1n) is 9.07. The Balaban J connectivity index is 1.67. The van der Waals surface area contributed by atoms with Gasteiger partial charge in [0.2, 0.25) is 0 Å². The molecule has 2 heterocycles. The summed E-state index contributed by atoms with van der Waals surface area (Å²) in [6.45, 7) is 3.87. The molecular formula is C19H23F3N4O2. The summed E-state index contributed by atoms with van der Waals surface area (Å²) in [5.74, 6) is -0.446. The molecule has 0 saturated carbocycles. The number of alkyl halides is 3. The molecule has 3 rings (SSSR count). The molecule has 1 aliphatic heterocycles. The largest absolute Gasteiger partial charge is 0.408 e. The molecule has 1 aromatic heterocycles. The third kappa shape index (κ3) is 5.56. The Morgan fingerprint density at radius 2 is 1.93 bits per heavy atom. The van der Waals surface area contributed by atoms with Gasteiger partial charge in [-0.2, -0.15) is 18.3 Å². The van der Waals surface area contributed by atoms with Gasteiger partial charge in [0.1, 0.15) is 6.54 Å². The van der Waals surface area contributed by atoms with E-state index in [-0.39, 0.29) is 11.6 Å². The van der Waals surface area contributed by atoms with E-state index in [4.69, 9.17) is 4.74 Å². The summed E-state index contributed by atoms with van der Waals surface area (Å²) >= 11 is 0. The minimum absolute atomic E-state index is 0.0429. The lowest BCUT2D eigenvalue weighted by Gasteiger charge is -2.35. The Bertz CT molecular complexity index is 783. The summed E-state index contributed by atoms with van der Waals surface area (Å²) in [4.78, 5) is 14.6. The van der Waals surface area contributed by atoms with Gasteiger partial charge in [-0.3, -0.25) is 14.4 Å². The molecular weight excluding hydrogens is 373 g/mol. The van der Waals surface area contributed by atoms with Crippen LogP contribution in [-0.2, 0) is 11.3 Å². The van der Waals surface area contributed by atoms with Gasteiger partial charge in [-0.15, -0.1) is 0 Å². The number of benzene rings is 1. The number of hydrogen-bond acceptors (Lipinski definition) is 4. The van der Waals surface area contributed by atoms with Crippen molar-refractivity contribution in [3.05, 3.63) is 53.3 Å². The number of carbonyl (C=O) groups excluding carboxylic acids is 1. The summed E-state index contributed by atoms with van der Waals surface area (Å²) in [5, 5.41) is 6.45. The fraction of sp³-hybridized carbons (Fsp3) is 0.474. The van der Waals surface area contributed by atoms with Crippen LogP contribution in [0.25, 0.3) is 0 Å². The van der Waals surface area contributed by atoms with Crippen molar-refractivity contribution in [2.75, 3.05) is 32.8 Å². The third-order valence-corrected chi connectivity index (χ3v) is 4.64. The quantitative estimate of drug-likeness (QED) is 0.815. The number of aryl methyl sites for hydroxylation is 1. The average Bonchev–Trinajstić information content (AvgIpc) is 3.11. The van der Waals surface area contributed by atoms with Gasteiger partial charge in [-0.25, -0.2) is 0 Å². The van der Waals surface area contributed by atoms with Crippen LogP contribution >= 0.6 is 0 Å². The molecule has 28 heavy (non-hydrogen) atoms. The minimum atomic E-state index is -4.38. The maximum absolute atomic E-state index is 12.5. The first-order chi connectivity index (χ1) is 13.3. The van der Waals surface area contributed by atoms with Crippen molar-refractivity contribution in [2.45, 2.75) is 25.7 Å². The summed E-state index contributed by atoms with van der Waals surface area (Å²) in [6.07, 6.45) is -2.12. The highest BCUT2D eigenvalue weighted by Gasteiger charge is 2.29. The zero-order chi connectivity index (χ0) is 20.1. The van der Waals surface area contributed by atoms with Gasteiger partial charge in [0, 0.05) is 25.8 Å². The summed E-state index contributed by atoms with van der Waals surface area (Å²) in [7, 11) is 0. The molecule has 9 heteroatoms. The molecule has 0 radical (unpaired) electrons. The van der Waals surface area contributed by atoms with Crippen molar-refractivity contribution in [2.24, 2.45) is 0 Å². The highest BCUT2D eigenvalue weighted by molar-refractivity contribution is 5.93. The maximum atomic E-state index is 12.5. The molecule has 0 bridgehead atoms. The topological polar surface area (TPSA) is 59.4 Å². The number of rotatable bonds is 6. The van der Waals surface area contributed by atoms with Gasteiger partial charge in [0.25, 0.3) is 5.91 Å². The van der Waals surface area contributed by atoms with E-state index < -0.39 is 18.6 Å². The van der Waals surface area contributed by atoms with Gasteiger partial charge < -0.3 is 10.1 Å². The number of ether oxygens (including phenoxy) is 1. The molecule has 152 valence electrons. The van der Waals surface area contributed by atoms with Crippen LogP contribution in [0.2, 0.25) is 0 Å². The summed E-state index contributed by atoms with van der Waals surface area (Å²) in [5.41, 5.74) is 2.32.